The van der Waals surface area contributed by atoms with Crippen LogP contribution >= 0.6 is 0 Å². The molecule has 0 saturated carbocycles. The van der Waals surface area contributed by atoms with Crippen LogP contribution in [0, 0.1) is 0 Å². The van der Waals surface area contributed by atoms with Crippen molar-refractivity contribution in [3.8, 4) is 17.2 Å². The molecule has 0 unspecified atom stereocenters. The Balaban J connectivity index is 2.37. The van der Waals surface area contributed by atoms with Crippen molar-refractivity contribution in [1.29, 1.82) is 0 Å². The van der Waals surface area contributed by atoms with Crippen LogP contribution in [-0.4, -0.2) is 40.6 Å². The molecule has 0 amide bonds. The molecule has 0 aliphatic heterocycles. The zero-order valence-corrected chi connectivity index (χ0v) is 15.7. The minimum absolute atomic E-state index is 0.0609. The van der Waals surface area contributed by atoms with E-state index >= 15 is 0 Å². The maximum Gasteiger partial charge on any atom is 0.246 e. The molecular weight excluding hydrogens is 342 g/mol. The van der Waals surface area contributed by atoms with Crippen molar-refractivity contribution in [3.63, 3.8) is 0 Å². The molecule has 2 aromatic carbocycles. The first-order chi connectivity index (χ1) is 11.9. The van der Waals surface area contributed by atoms with Crippen LogP contribution in [0.4, 0.5) is 0 Å². The number of para-hydroxylation sites is 1. The highest BCUT2D eigenvalue weighted by atomic mass is 32.2. The van der Waals surface area contributed by atoms with Gasteiger partial charge in [0.1, 0.15) is 22.1 Å². The minimum atomic E-state index is -3.77. The number of sulfonamides is 1. The van der Waals surface area contributed by atoms with Crippen molar-refractivity contribution in [2.75, 3.05) is 27.9 Å². The summed E-state index contributed by atoms with van der Waals surface area (Å²) in [5.41, 5.74) is 0.789. The number of methoxy groups -OCH3 is 2. The predicted molar refractivity (Wildman–Crippen MR) is 95.8 cm³/mol. The summed E-state index contributed by atoms with van der Waals surface area (Å²) in [7, 11) is 0.675. The number of nitrogens with zero attached hydrogens (tertiary/aromatic N) is 1. The highest BCUT2D eigenvalue weighted by Gasteiger charge is 2.26. The van der Waals surface area contributed by atoms with Gasteiger partial charge in [0.2, 0.25) is 10.0 Å². The van der Waals surface area contributed by atoms with E-state index in [0.29, 0.717) is 18.1 Å². The third-order valence-corrected chi connectivity index (χ3v) is 5.55. The van der Waals surface area contributed by atoms with E-state index < -0.39 is 10.0 Å². The molecule has 2 rings (SSSR count). The quantitative estimate of drug-likeness (QED) is 0.720. The topological polar surface area (TPSA) is 65.1 Å². The molecule has 0 aromatic heterocycles. The molecule has 0 spiro atoms. The van der Waals surface area contributed by atoms with Gasteiger partial charge in [0.05, 0.1) is 20.8 Å². The Hall–Kier alpha value is -2.25. The fourth-order valence-corrected chi connectivity index (χ4v) is 3.72. The lowest BCUT2D eigenvalue weighted by molar-refractivity contribution is 0.332. The average molecular weight is 365 g/mol. The number of rotatable bonds is 8. The number of hydrogen-bond acceptors (Lipinski definition) is 5. The molecular formula is C18H23NO5S. The van der Waals surface area contributed by atoms with Crippen LogP contribution in [0.5, 0.6) is 17.2 Å². The van der Waals surface area contributed by atoms with Crippen LogP contribution in [0.25, 0.3) is 0 Å². The van der Waals surface area contributed by atoms with Crippen LogP contribution in [0.15, 0.2) is 47.4 Å². The van der Waals surface area contributed by atoms with E-state index in [1.807, 2.05) is 31.2 Å². The molecule has 0 aliphatic carbocycles. The summed E-state index contributed by atoms with van der Waals surface area (Å²) >= 11 is 0. The molecule has 2 aromatic rings. The van der Waals surface area contributed by atoms with Gasteiger partial charge in [-0.15, -0.1) is 0 Å². The number of hydrogen-bond donors (Lipinski definition) is 0. The molecule has 0 saturated heterocycles. The van der Waals surface area contributed by atoms with Gasteiger partial charge >= 0.3 is 0 Å². The van der Waals surface area contributed by atoms with Crippen molar-refractivity contribution in [3.05, 3.63) is 48.0 Å². The Morgan fingerprint density at radius 2 is 1.72 bits per heavy atom. The first-order valence-electron chi connectivity index (χ1n) is 7.83. The van der Waals surface area contributed by atoms with Crippen LogP contribution < -0.4 is 14.2 Å². The van der Waals surface area contributed by atoms with E-state index in [2.05, 4.69) is 0 Å². The van der Waals surface area contributed by atoms with Gasteiger partial charge in [0, 0.05) is 25.2 Å². The van der Waals surface area contributed by atoms with Gasteiger partial charge in [-0.25, -0.2) is 8.42 Å². The summed E-state index contributed by atoms with van der Waals surface area (Å²) in [5.74, 6) is 1.39. The summed E-state index contributed by atoms with van der Waals surface area (Å²) in [4.78, 5) is 0.0609. The van der Waals surface area contributed by atoms with E-state index in [4.69, 9.17) is 14.2 Å². The summed E-state index contributed by atoms with van der Waals surface area (Å²) in [6.07, 6.45) is 0. The van der Waals surface area contributed by atoms with E-state index in [9.17, 15) is 8.42 Å². The smallest absolute Gasteiger partial charge is 0.246 e. The second-order valence-electron chi connectivity index (χ2n) is 5.32. The summed E-state index contributed by atoms with van der Waals surface area (Å²) in [5, 5.41) is 0. The van der Waals surface area contributed by atoms with Gasteiger partial charge in [-0.2, -0.15) is 4.31 Å². The van der Waals surface area contributed by atoms with Crippen molar-refractivity contribution in [1.82, 2.24) is 4.31 Å². The fraction of sp³-hybridized carbons (Fsp3) is 0.333. The van der Waals surface area contributed by atoms with E-state index in [1.165, 1.54) is 31.6 Å². The summed E-state index contributed by atoms with van der Waals surface area (Å²) in [6.45, 7) is 2.58. The first-order valence-corrected chi connectivity index (χ1v) is 9.27. The number of benzene rings is 2. The Labute approximate surface area is 149 Å². The van der Waals surface area contributed by atoms with Crippen LogP contribution in [0.3, 0.4) is 0 Å². The first kappa shape index (κ1) is 19.1. The third kappa shape index (κ3) is 4.24. The van der Waals surface area contributed by atoms with Crippen molar-refractivity contribution < 1.29 is 22.6 Å². The van der Waals surface area contributed by atoms with Crippen LogP contribution in [0.2, 0.25) is 0 Å². The molecule has 0 heterocycles. The summed E-state index contributed by atoms with van der Waals surface area (Å²) < 4.78 is 43.2. The highest BCUT2D eigenvalue weighted by Crippen LogP contribution is 2.31. The third-order valence-electron chi connectivity index (χ3n) is 3.72. The lowest BCUT2D eigenvalue weighted by Gasteiger charge is -2.20. The molecule has 25 heavy (non-hydrogen) atoms. The normalized spacial score (nSPS) is 11.4. The Kier molecular flexibility index (Phi) is 6.27. The molecule has 0 bridgehead atoms. The van der Waals surface area contributed by atoms with Gasteiger partial charge in [-0.3, -0.25) is 0 Å². The van der Waals surface area contributed by atoms with Crippen LogP contribution in [0.1, 0.15) is 12.5 Å². The maximum absolute atomic E-state index is 13.0. The van der Waals surface area contributed by atoms with Gasteiger partial charge in [0.25, 0.3) is 0 Å². The highest BCUT2D eigenvalue weighted by molar-refractivity contribution is 7.89. The largest absolute Gasteiger partial charge is 0.497 e. The number of ether oxygens (including phenoxy) is 3. The van der Waals surface area contributed by atoms with E-state index in [1.54, 1.807) is 12.1 Å². The Bertz CT molecular complexity index is 820. The second kappa shape index (κ2) is 8.22. The zero-order chi connectivity index (χ0) is 18.4. The van der Waals surface area contributed by atoms with E-state index in [0.717, 1.165) is 5.56 Å². The van der Waals surface area contributed by atoms with Gasteiger partial charge in [0.15, 0.2) is 0 Å². The maximum atomic E-state index is 13.0. The average Bonchev–Trinajstić information content (AvgIpc) is 2.62. The van der Waals surface area contributed by atoms with Crippen molar-refractivity contribution in [2.45, 2.75) is 18.4 Å². The SMILES string of the molecule is CCOc1ccccc1CN(C)S(=O)(=O)c1cc(OC)ccc1OC. The van der Waals surface area contributed by atoms with Gasteiger partial charge in [-0.1, -0.05) is 18.2 Å². The molecule has 7 heteroatoms. The zero-order valence-electron chi connectivity index (χ0n) is 14.9. The van der Waals surface area contributed by atoms with Crippen molar-refractivity contribution in [2.24, 2.45) is 0 Å². The van der Waals surface area contributed by atoms with Gasteiger partial charge in [-0.05, 0) is 25.1 Å². The molecule has 0 fully saturated rings. The Morgan fingerprint density at radius 3 is 2.36 bits per heavy atom. The molecule has 6 nitrogen and oxygen atoms in total. The fourth-order valence-electron chi connectivity index (χ4n) is 2.41. The monoisotopic (exact) mass is 365 g/mol. The summed E-state index contributed by atoms with van der Waals surface area (Å²) in [6, 6.07) is 12.1. The molecule has 0 N–H and O–H groups in total. The molecule has 0 aliphatic rings. The lowest BCUT2D eigenvalue weighted by atomic mass is 10.2. The van der Waals surface area contributed by atoms with E-state index in [-0.39, 0.29) is 17.2 Å². The molecule has 136 valence electrons. The molecule has 0 radical (unpaired) electrons. The minimum Gasteiger partial charge on any atom is -0.497 e. The lowest BCUT2D eigenvalue weighted by Crippen LogP contribution is -2.27. The second-order valence-corrected chi connectivity index (χ2v) is 7.33. The Morgan fingerprint density at radius 1 is 1.00 bits per heavy atom. The predicted octanol–water partition coefficient (Wildman–Crippen LogP) is 2.92. The van der Waals surface area contributed by atoms with Gasteiger partial charge < -0.3 is 14.2 Å². The van der Waals surface area contributed by atoms with Crippen molar-refractivity contribution >= 4 is 10.0 Å². The standard InChI is InChI=1S/C18H23NO5S/c1-5-24-16-9-7-6-8-14(16)13-19(2)25(20,21)18-12-15(22-3)10-11-17(18)23-4/h6-12H,5,13H2,1-4H3. The molecule has 0 atom stereocenters. The van der Waals surface area contributed by atoms with Crippen LogP contribution in [-0.2, 0) is 16.6 Å².